The Bertz CT molecular complexity index is 524. The van der Waals surface area contributed by atoms with Crippen LogP contribution in [0.4, 0.5) is 0 Å². The van der Waals surface area contributed by atoms with Crippen LogP contribution in [0.15, 0.2) is 12.2 Å². The Morgan fingerprint density at radius 1 is 0.969 bits per heavy atom. The third kappa shape index (κ3) is 11.3. The molecule has 0 bridgehead atoms. The maximum absolute atomic E-state index is 8.94. The van der Waals surface area contributed by atoms with Gasteiger partial charge in [0.1, 0.15) is 6.10 Å². The van der Waals surface area contributed by atoms with Crippen molar-refractivity contribution in [1.29, 1.82) is 0 Å². The Balaban J connectivity index is 2.75. The van der Waals surface area contributed by atoms with E-state index in [1.807, 2.05) is 13.8 Å². The molecule has 0 aromatic rings. The Morgan fingerprint density at radius 2 is 1.59 bits per heavy atom. The fraction of sp³-hybridized carbons (Fsp3) is 0.926. The van der Waals surface area contributed by atoms with E-state index in [2.05, 4.69) is 52.9 Å². The molecule has 1 heterocycles. The number of rotatable bonds is 16. The highest BCUT2D eigenvalue weighted by molar-refractivity contribution is 6.74. The molecular weight excluding hydrogens is 416 g/mol. The van der Waals surface area contributed by atoms with E-state index in [0.29, 0.717) is 6.61 Å². The molecule has 0 spiro atoms. The fourth-order valence-electron chi connectivity index (χ4n) is 3.99. The lowest BCUT2D eigenvalue weighted by atomic mass is 10.0. The van der Waals surface area contributed by atoms with Crippen molar-refractivity contribution < 1.29 is 19.0 Å². The highest BCUT2D eigenvalue weighted by atomic mass is 28.4. The molecule has 190 valence electrons. The van der Waals surface area contributed by atoms with Crippen LogP contribution < -0.4 is 0 Å². The molecular formula is C27H54O4Si. The van der Waals surface area contributed by atoms with Gasteiger partial charge >= 0.3 is 0 Å². The van der Waals surface area contributed by atoms with E-state index >= 15 is 0 Å². The quantitative estimate of drug-likeness (QED) is 0.142. The zero-order valence-electron chi connectivity index (χ0n) is 22.5. The summed E-state index contributed by atoms with van der Waals surface area (Å²) in [5.41, 5.74) is 0. The Hall–Kier alpha value is -0.203. The van der Waals surface area contributed by atoms with E-state index in [1.165, 1.54) is 44.9 Å². The predicted octanol–water partition coefficient (Wildman–Crippen LogP) is 7.76. The van der Waals surface area contributed by atoms with Gasteiger partial charge in [-0.15, -0.1) is 0 Å². The van der Waals surface area contributed by atoms with Gasteiger partial charge in [0.2, 0.25) is 0 Å². The largest absolute Gasteiger partial charge is 0.411 e. The van der Waals surface area contributed by atoms with Crippen LogP contribution in [0.3, 0.4) is 0 Å². The molecule has 0 amide bonds. The van der Waals surface area contributed by atoms with Crippen molar-refractivity contribution in [3.05, 3.63) is 12.2 Å². The van der Waals surface area contributed by atoms with Crippen LogP contribution in [-0.4, -0.2) is 44.1 Å². The first-order valence-corrected chi connectivity index (χ1v) is 16.2. The van der Waals surface area contributed by atoms with Gasteiger partial charge in [0.05, 0.1) is 12.2 Å². The molecule has 1 aliphatic rings. The topological polar surface area (TPSA) is 47.9 Å². The Morgan fingerprint density at radius 3 is 2.19 bits per heavy atom. The van der Waals surface area contributed by atoms with E-state index < -0.39 is 14.1 Å². The van der Waals surface area contributed by atoms with Crippen molar-refractivity contribution in [2.75, 3.05) is 6.61 Å². The summed E-state index contributed by atoms with van der Waals surface area (Å²) >= 11 is 0. The van der Waals surface area contributed by atoms with Gasteiger partial charge in [0.15, 0.2) is 14.1 Å². The summed E-state index contributed by atoms with van der Waals surface area (Å²) in [7, 11) is -1.85. The van der Waals surface area contributed by atoms with Gasteiger partial charge < -0.3 is 19.0 Å². The lowest BCUT2D eigenvalue weighted by Gasteiger charge is -2.38. The van der Waals surface area contributed by atoms with Gasteiger partial charge in [-0.05, 0) is 51.2 Å². The number of aliphatic hydroxyl groups excluding tert-OH is 1. The average molecular weight is 471 g/mol. The van der Waals surface area contributed by atoms with Crippen molar-refractivity contribution in [2.45, 2.75) is 154 Å². The molecule has 1 saturated heterocycles. The van der Waals surface area contributed by atoms with Crippen LogP contribution in [0.5, 0.6) is 0 Å². The third-order valence-corrected chi connectivity index (χ3v) is 11.5. The summed E-state index contributed by atoms with van der Waals surface area (Å²) in [6.07, 6.45) is 17.5. The number of hydrogen-bond acceptors (Lipinski definition) is 4. The zero-order chi connectivity index (χ0) is 24.3. The minimum atomic E-state index is -1.85. The van der Waals surface area contributed by atoms with Gasteiger partial charge in [-0.25, -0.2) is 0 Å². The SMILES string of the molecule is CCCCC[C@H]1OC(C)(C)O[C@@H]1/C=C/[C@@H](CCCCCCCCO)O[Si](C)(C)C(C)(C)C. The number of aliphatic hydroxyl groups is 1. The van der Waals surface area contributed by atoms with Crippen LogP contribution in [-0.2, 0) is 13.9 Å². The van der Waals surface area contributed by atoms with Crippen LogP contribution in [0.2, 0.25) is 18.1 Å². The fourth-order valence-corrected chi connectivity index (χ4v) is 5.30. The summed E-state index contributed by atoms with van der Waals surface area (Å²) in [5.74, 6) is -0.518. The first-order chi connectivity index (χ1) is 14.9. The van der Waals surface area contributed by atoms with Crippen LogP contribution >= 0.6 is 0 Å². The molecule has 0 aliphatic carbocycles. The highest BCUT2D eigenvalue weighted by Crippen LogP contribution is 2.38. The van der Waals surface area contributed by atoms with Crippen molar-refractivity contribution in [3.8, 4) is 0 Å². The maximum atomic E-state index is 8.94. The van der Waals surface area contributed by atoms with Crippen molar-refractivity contribution >= 4 is 8.32 Å². The van der Waals surface area contributed by atoms with Gasteiger partial charge in [-0.3, -0.25) is 0 Å². The van der Waals surface area contributed by atoms with Crippen LogP contribution in [0, 0.1) is 0 Å². The molecule has 0 unspecified atom stereocenters. The first kappa shape index (κ1) is 29.8. The lowest BCUT2D eigenvalue weighted by molar-refractivity contribution is -0.143. The highest BCUT2D eigenvalue weighted by Gasteiger charge is 2.41. The second-order valence-corrected chi connectivity index (χ2v) is 16.3. The Kier molecular flexibility index (Phi) is 13.3. The lowest BCUT2D eigenvalue weighted by Crippen LogP contribution is -2.43. The van der Waals surface area contributed by atoms with E-state index in [1.54, 1.807) is 0 Å². The smallest absolute Gasteiger partial charge is 0.192 e. The molecule has 1 N–H and O–H groups in total. The molecule has 1 aliphatic heterocycles. The van der Waals surface area contributed by atoms with E-state index in [4.69, 9.17) is 19.0 Å². The van der Waals surface area contributed by atoms with Gasteiger partial charge in [0, 0.05) is 6.61 Å². The minimum absolute atomic E-state index is 0.00542. The van der Waals surface area contributed by atoms with E-state index in [0.717, 1.165) is 25.7 Å². The van der Waals surface area contributed by atoms with Gasteiger partial charge in [-0.1, -0.05) is 91.2 Å². The van der Waals surface area contributed by atoms with Crippen molar-refractivity contribution in [1.82, 2.24) is 0 Å². The van der Waals surface area contributed by atoms with Crippen molar-refractivity contribution in [2.24, 2.45) is 0 Å². The number of unbranched alkanes of at least 4 members (excludes halogenated alkanes) is 7. The summed E-state index contributed by atoms with van der Waals surface area (Å²) in [4.78, 5) is 0. The normalized spacial score (nSPS) is 22.7. The summed E-state index contributed by atoms with van der Waals surface area (Å²) in [6.45, 7) is 18.2. The molecule has 32 heavy (non-hydrogen) atoms. The minimum Gasteiger partial charge on any atom is -0.411 e. The molecule has 1 fully saturated rings. The predicted molar refractivity (Wildman–Crippen MR) is 139 cm³/mol. The van der Waals surface area contributed by atoms with Gasteiger partial charge in [-0.2, -0.15) is 0 Å². The molecule has 0 aromatic carbocycles. The summed E-state index contributed by atoms with van der Waals surface area (Å²) < 4.78 is 19.3. The first-order valence-electron chi connectivity index (χ1n) is 13.2. The number of hydrogen-bond donors (Lipinski definition) is 1. The standard InChI is InChI=1S/C27H54O4Si/c1-9-10-15-19-24-25(30-27(5,6)29-24)21-20-23(31-32(7,8)26(2,3)4)18-16-13-11-12-14-17-22-28/h20-21,23-25,28H,9-19,22H2,1-8H3/b21-20+/t23-,24-,25-/m1/s1. The molecule has 0 saturated carbocycles. The third-order valence-electron chi connectivity index (χ3n) is 6.98. The zero-order valence-corrected chi connectivity index (χ0v) is 23.5. The molecule has 1 rings (SSSR count). The monoisotopic (exact) mass is 470 g/mol. The second kappa shape index (κ2) is 14.3. The molecule has 0 aromatic heterocycles. The molecule has 5 heteroatoms. The Labute approximate surface area is 200 Å². The number of ether oxygens (including phenoxy) is 2. The summed E-state index contributed by atoms with van der Waals surface area (Å²) in [6, 6.07) is 0. The maximum Gasteiger partial charge on any atom is 0.192 e. The second-order valence-electron chi connectivity index (χ2n) is 11.6. The summed E-state index contributed by atoms with van der Waals surface area (Å²) in [5, 5.41) is 9.13. The van der Waals surface area contributed by atoms with Crippen LogP contribution in [0.25, 0.3) is 0 Å². The van der Waals surface area contributed by atoms with Crippen molar-refractivity contribution in [3.63, 3.8) is 0 Å². The molecule has 4 nitrogen and oxygen atoms in total. The molecule has 3 atom stereocenters. The average Bonchev–Trinajstić information content (AvgIpc) is 2.98. The van der Waals surface area contributed by atoms with Crippen LogP contribution in [0.1, 0.15) is 112 Å². The van der Waals surface area contributed by atoms with Gasteiger partial charge in [0.25, 0.3) is 0 Å². The van der Waals surface area contributed by atoms with E-state index in [9.17, 15) is 0 Å². The van der Waals surface area contributed by atoms with E-state index in [-0.39, 0.29) is 23.4 Å². The molecule has 0 radical (unpaired) electrons.